The number of methoxy groups -OCH3 is 1. The Bertz CT molecular complexity index is 1020. The largest absolute Gasteiger partial charge is 0.495 e. The molecule has 11 heteroatoms. The summed E-state index contributed by atoms with van der Waals surface area (Å²) in [6, 6.07) is 6.40. The summed E-state index contributed by atoms with van der Waals surface area (Å²) in [7, 11) is -4.44. The van der Waals surface area contributed by atoms with Gasteiger partial charge in [0.15, 0.2) is 5.03 Å². The maximum Gasteiger partial charge on any atom is 0.262 e. The molecule has 1 aromatic heterocycles. The molecule has 0 atom stereocenters. The predicted octanol–water partition coefficient (Wildman–Crippen LogP) is 0.514. The molecular formula is C16H22N4O5S2. The Balaban J connectivity index is 1.82. The van der Waals surface area contributed by atoms with Crippen molar-refractivity contribution in [2.75, 3.05) is 33.3 Å². The first kappa shape index (κ1) is 19.8. The minimum Gasteiger partial charge on any atom is -0.495 e. The van der Waals surface area contributed by atoms with E-state index in [1.165, 1.54) is 34.3 Å². The van der Waals surface area contributed by atoms with Crippen molar-refractivity contribution in [2.24, 2.45) is 7.05 Å². The molecule has 3 rings (SSSR count). The van der Waals surface area contributed by atoms with Gasteiger partial charge in [-0.2, -0.15) is 8.61 Å². The lowest BCUT2D eigenvalue weighted by Crippen LogP contribution is -2.37. The van der Waals surface area contributed by atoms with E-state index >= 15 is 0 Å². The molecule has 0 aliphatic carbocycles. The highest BCUT2D eigenvalue weighted by molar-refractivity contribution is 7.89. The van der Waals surface area contributed by atoms with Gasteiger partial charge >= 0.3 is 0 Å². The van der Waals surface area contributed by atoms with Crippen LogP contribution in [0.25, 0.3) is 0 Å². The number of ether oxygens (including phenoxy) is 1. The summed E-state index contributed by atoms with van der Waals surface area (Å²) < 4.78 is 60.8. The van der Waals surface area contributed by atoms with Crippen LogP contribution >= 0.6 is 0 Å². The third kappa shape index (κ3) is 3.86. The second-order valence-electron chi connectivity index (χ2n) is 6.19. The lowest BCUT2D eigenvalue weighted by atomic mass is 10.3. The van der Waals surface area contributed by atoms with Crippen molar-refractivity contribution >= 4 is 20.0 Å². The zero-order valence-corrected chi connectivity index (χ0v) is 16.8. The van der Waals surface area contributed by atoms with E-state index < -0.39 is 20.0 Å². The lowest BCUT2D eigenvalue weighted by Gasteiger charge is -2.22. The second kappa shape index (κ2) is 7.58. The molecule has 0 amide bonds. The van der Waals surface area contributed by atoms with Crippen molar-refractivity contribution in [3.05, 3.63) is 36.8 Å². The molecule has 2 heterocycles. The summed E-state index contributed by atoms with van der Waals surface area (Å²) in [5.74, 6) is 0.264. The van der Waals surface area contributed by atoms with E-state index in [-0.39, 0.29) is 41.8 Å². The Morgan fingerprint density at radius 1 is 0.963 bits per heavy atom. The molecule has 1 fully saturated rings. The minimum absolute atomic E-state index is 0.0361. The number of hydrogen-bond acceptors (Lipinski definition) is 6. The average Bonchev–Trinajstić information content (AvgIpc) is 2.93. The third-order valence-corrected chi connectivity index (χ3v) is 8.11. The van der Waals surface area contributed by atoms with Gasteiger partial charge in [-0.3, -0.25) is 0 Å². The van der Waals surface area contributed by atoms with Gasteiger partial charge < -0.3 is 9.30 Å². The molecule has 0 unspecified atom stereocenters. The second-order valence-corrected chi connectivity index (χ2v) is 9.98. The van der Waals surface area contributed by atoms with Crippen molar-refractivity contribution in [1.29, 1.82) is 0 Å². The van der Waals surface area contributed by atoms with E-state index in [4.69, 9.17) is 4.74 Å². The first-order chi connectivity index (χ1) is 12.8. The van der Waals surface area contributed by atoms with Gasteiger partial charge in [0.25, 0.3) is 10.0 Å². The molecule has 1 aromatic carbocycles. The fourth-order valence-corrected chi connectivity index (χ4v) is 6.04. The Kier molecular flexibility index (Phi) is 5.56. The number of benzene rings is 1. The van der Waals surface area contributed by atoms with Gasteiger partial charge in [0.2, 0.25) is 10.0 Å². The van der Waals surface area contributed by atoms with Crippen LogP contribution in [-0.2, 0) is 27.1 Å². The molecule has 1 saturated heterocycles. The van der Waals surface area contributed by atoms with Gasteiger partial charge in [-0.05, 0) is 18.6 Å². The molecule has 27 heavy (non-hydrogen) atoms. The third-order valence-electron chi connectivity index (χ3n) is 4.39. The van der Waals surface area contributed by atoms with Crippen molar-refractivity contribution in [3.63, 3.8) is 0 Å². The van der Waals surface area contributed by atoms with Gasteiger partial charge in [0, 0.05) is 39.4 Å². The van der Waals surface area contributed by atoms with Gasteiger partial charge in [-0.25, -0.2) is 21.8 Å². The van der Waals surface area contributed by atoms with Gasteiger partial charge in [0.05, 0.1) is 13.4 Å². The van der Waals surface area contributed by atoms with E-state index in [0.717, 1.165) is 0 Å². The highest BCUT2D eigenvalue weighted by Crippen LogP contribution is 2.27. The topological polar surface area (TPSA) is 102 Å². The molecule has 148 valence electrons. The SMILES string of the molecule is COc1ccccc1S(=O)(=O)N1CCCN(S(=O)(=O)c2cn(C)cn2)CC1. The van der Waals surface area contributed by atoms with Crippen LogP contribution in [0.15, 0.2) is 46.7 Å². The zero-order valence-electron chi connectivity index (χ0n) is 15.1. The van der Waals surface area contributed by atoms with Crippen molar-refractivity contribution in [3.8, 4) is 5.75 Å². The van der Waals surface area contributed by atoms with E-state index in [2.05, 4.69) is 4.98 Å². The number of imidazole rings is 1. The average molecular weight is 415 g/mol. The molecule has 9 nitrogen and oxygen atoms in total. The maximum atomic E-state index is 13.0. The fourth-order valence-electron chi connectivity index (χ4n) is 2.98. The molecular weight excluding hydrogens is 392 g/mol. The van der Waals surface area contributed by atoms with Crippen LogP contribution in [0.4, 0.5) is 0 Å². The standard InChI is InChI=1S/C16H22N4O5S2/c1-18-12-16(17-13-18)27(23,24)20-9-5-8-19(10-11-20)26(21,22)15-7-4-3-6-14(15)25-2/h3-4,6-7,12-13H,5,8-11H2,1-2H3. The van der Waals surface area contributed by atoms with Crippen LogP contribution < -0.4 is 4.74 Å². The molecule has 0 spiro atoms. The predicted molar refractivity (Wildman–Crippen MR) is 98.3 cm³/mol. The highest BCUT2D eigenvalue weighted by Gasteiger charge is 2.33. The summed E-state index contributed by atoms with van der Waals surface area (Å²) in [5.41, 5.74) is 0. The molecule has 1 aliphatic rings. The summed E-state index contributed by atoms with van der Waals surface area (Å²) in [6.07, 6.45) is 3.24. The van der Waals surface area contributed by atoms with Crippen molar-refractivity contribution in [1.82, 2.24) is 18.2 Å². The summed E-state index contributed by atoms with van der Waals surface area (Å²) in [5, 5.41) is -0.0361. The number of aryl methyl sites for hydroxylation is 1. The molecule has 2 aromatic rings. The Hall–Kier alpha value is -1.95. The molecule has 1 aliphatic heterocycles. The monoisotopic (exact) mass is 414 g/mol. The van der Waals surface area contributed by atoms with Gasteiger partial charge in [-0.1, -0.05) is 12.1 Å². The summed E-state index contributed by atoms with van der Waals surface area (Å²) in [6.45, 7) is 0.588. The van der Waals surface area contributed by atoms with Gasteiger partial charge in [-0.15, -0.1) is 0 Å². The van der Waals surface area contributed by atoms with Crippen LogP contribution in [0.5, 0.6) is 5.75 Å². The minimum atomic E-state index is -3.79. The molecule has 0 N–H and O–H groups in total. The zero-order chi connectivity index (χ0) is 19.7. The first-order valence-electron chi connectivity index (χ1n) is 8.38. The number of aromatic nitrogens is 2. The number of rotatable bonds is 5. The van der Waals surface area contributed by atoms with Crippen molar-refractivity contribution < 1.29 is 21.6 Å². The van der Waals surface area contributed by atoms with Crippen molar-refractivity contribution in [2.45, 2.75) is 16.3 Å². The van der Waals surface area contributed by atoms with E-state index in [0.29, 0.717) is 6.42 Å². The van der Waals surface area contributed by atoms with Crippen LogP contribution in [0.3, 0.4) is 0 Å². The number of sulfonamides is 2. The van der Waals surface area contributed by atoms with E-state index in [1.54, 1.807) is 29.8 Å². The normalized spacial score (nSPS) is 17.6. The highest BCUT2D eigenvalue weighted by atomic mass is 32.2. The molecule has 0 radical (unpaired) electrons. The smallest absolute Gasteiger partial charge is 0.262 e. The van der Waals surface area contributed by atoms with Crippen LogP contribution in [0.2, 0.25) is 0 Å². The van der Waals surface area contributed by atoms with E-state index in [1.807, 2.05) is 0 Å². The number of hydrogen-bond donors (Lipinski definition) is 0. The van der Waals surface area contributed by atoms with Crippen LogP contribution in [0, 0.1) is 0 Å². The lowest BCUT2D eigenvalue weighted by molar-refractivity contribution is 0.388. The fraction of sp³-hybridized carbons (Fsp3) is 0.438. The van der Waals surface area contributed by atoms with E-state index in [9.17, 15) is 16.8 Å². The Morgan fingerprint density at radius 3 is 2.19 bits per heavy atom. The molecule has 0 bridgehead atoms. The molecule has 0 saturated carbocycles. The number of para-hydroxylation sites is 1. The quantitative estimate of drug-likeness (QED) is 0.707. The van der Waals surface area contributed by atoms with Crippen LogP contribution in [-0.4, -0.2) is 68.3 Å². The maximum absolute atomic E-state index is 13.0. The first-order valence-corrected chi connectivity index (χ1v) is 11.3. The number of nitrogens with zero attached hydrogens (tertiary/aromatic N) is 4. The summed E-state index contributed by atoms with van der Waals surface area (Å²) in [4.78, 5) is 3.99. The van der Waals surface area contributed by atoms with Gasteiger partial charge in [0.1, 0.15) is 10.6 Å². The Labute approximate surface area is 159 Å². The Morgan fingerprint density at radius 2 is 1.59 bits per heavy atom. The summed E-state index contributed by atoms with van der Waals surface area (Å²) >= 11 is 0. The van der Waals surface area contributed by atoms with Crippen LogP contribution in [0.1, 0.15) is 6.42 Å².